The number of allylic oxidation sites excluding steroid dienone is 2. The quantitative estimate of drug-likeness (QED) is 0.335. The lowest BCUT2D eigenvalue weighted by atomic mass is 9.76. The van der Waals surface area contributed by atoms with Crippen molar-refractivity contribution in [2.24, 2.45) is 5.41 Å². The number of amides is 2. The van der Waals surface area contributed by atoms with Gasteiger partial charge in [0, 0.05) is 36.8 Å². The normalized spacial score (nSPS) is 15.2. The molecule has 1 heterocycles. The molecule has 0 saturated carbocycles. The molecule has 4 N–H and O–H groups in total. The molecule has 2 aromatic rings. The van der Waals surface area contributed by atoms with Gasteiger partial charge in [-0.25, -0.2) is 4.98 Å². The molecular weight excluding hydrogens is 428 g/mol. The molecule has 1 aromatic heterocycles. The minimum absolute atomic E-state index is 0.0470. The molecule has 1 aromatic carbocycles. The third-order valence-electron chi connectivity index (χ3n) is 6.27. The Kier molecular flexibility index (Phi) is 7.57. The zero-order valence-electron chi connectivity index (χ0n) is 20.6. The largest absolute Gasteiger partial charge is 0.363 e. The van der Waals surface area contributed by atoms with Gasteiger partial charge in [0.15, 0.2) is 0 Å². The van der Waals surface area contributed by atoms with E-state index in [4.69, 9.17) is 6.57 Å². The Balaban J connectivity index is 1.89. The second-order valence-corrected chi connectivity index (χ2v) is 10.1. The Morgan fingerprint density at radius 1 is 1.26 bits per heavy atom. The summed E-state index contributed by atoms with van der Waals surface area (Å²) in [6, 6.07) is 6.07. The van der Waals surface area contributed by atoms with Crippen molar-refractivity contribution in [1.29, 1.82) is 0 Å². The van der Waals surface area contributed by atoms with Crippen LogP contribution in [0.25, 0.3) is 10.4 Å². The number of carbonyl (C=O) groups is 2. The van der Waals surface area contributed by atoms with Crippen molar-refractivity contribution in [2.75, 3.05) is 18.4 Å². The molecule has 0 radical (unpaired) electrons. The standard InChI is InChI=1S/C26H34N6O2/c1-17(33)28-13-14-30-26(4,5)19-7-8-21(31-24(34)23-29-16-22(27-6)32-23)20(15-19)18-9-11-25(2,3)12-10-18/h7-9,15-16,30H,10-14H2,1-5H3,(H,28,33)(H,29,32)(H,31,34). The maximum Gasteiger partial charge on any atom is 0.314 e. The van der Waals surface area contributed by atoms with Crippen molar-refractivity contribution in [3.63, 3.8) is 0 Å². The van der Waals surface area contributed by atoms with Gasteiger partial charge in [0.2, 0.25) is 11.7 Å². The minimum Gasteiger partial charge on any atom is -0.363 e. The number of anilines is 1. The van der Waals surface area contributed by atoms with E-state index in [0.717, 1.165) is 36.1 Å². The van der Waals surface area contributed by atoms with Gasteiger partial charge in [-0.3, -0.25) is 14.6 Å². The lowest BCUT2D eigenvalue weighted by Gasteiger charge is -2.31. The minimum atomic E-state index is -0.381. The van der Waals surface area contributed by atoms with Crippen LogP contribution in [0, 0.1) is 12.0 Å². The van der Waals surface area contributed by atoms with Crippen LogP contribution in [-0.2, 0) is 10.3 Å². The number of nitrogens with zero attached hydrogens (tertiary/aromatic N) is 2. The van der Waals surface area contributed by atoms with Crippen LogP contribution in [0.4, 0.5) is 11.5 Å². The van der Waals surface area contributed by atoms with Gasteiger partial charge in [-0.15, -0.1) is 0 Å². The highest BCUT2D eigenvalue weighted by Crippen LogP contribution is 2.41. The zero-order valence-corrected chi connectivity index (χ0v) is 20.6. The fraction of sp³-hybridized carbons (Fsp3) is 0.462. The summed E-state index contributed by atoms with van der Waals surface area (Å²) in [5, 5.41) is 9.29. The van der Waals surface area contributed by atoms with Gasteiger partial charge in [-0.1, -0.05) is 32.6 Å². The number of imidazole rings is 1. The van der Waals surface area contributed by atoms with E-state index >= 15 is 0 Å². The van der Waals surface area contributed by atoms with E-state index in [1.54, 1.807) is 0 Å². The van der Waals surface area contributed by atoms with Gasteiger partial charge < -0.3 is 20.8 Å². The Labute approximate surface area is 201 Å². The number of hydrogen-bond donors (Lipinski definition) is 4. The van der Waals surface area contributed by atoms with E-state index < -0.39 is 0 Å². The topological polar surface area (TPSA) is 103 Å². The molecule has 1 aliphatic rings. The fourth-order valence-electron chi connectivity index (χ4n) is 4.01. The molecule has 0 atom stereocenters. The van der Waals surface area contributed by atoms with Gasteiger partial charge >= 0.3 is 5.91 Å². The highest BCUT2D eigenvalue weighted by molar-refractivity contribution is 6.03. The second kappa shape index (κ2) is 10.2. The smallest absolute Gasteiger partial charge is 0.314 e. The van der Waals surface area contributed by atoms with Crippen molar-refractivity contribution in [3.8, 4) is 0 Å². The Bertz CT molecular complexity index is 1140. The summed E-state index contributed by atoms with van der Waals surface area (Å²) >= 11 is 0. The first kappa shape index (κ1) is 25.2. The third kappa shape index (κ3) is 6.33. The van der Waals surface area contributed by atoms with Crippen LogP contribution < -0.4 is 16.0 Å². The van der Waals surface area contributed by atoms with Crippen molar-refractivity contribution in [1.82, 2.24) is 20.6 Å². The molecule has 0 fully saturated rings. The molecule has 0 spiro atoms. The number of H-pyrrole nitrogens is 1. The molecule has 180 valence electrons. The predicted octanol–water partition coefficient (Wildman–Crippen LogP) is 4.77. The highest BCUT2D eigenvalue weighted by atomic mass is 16.2. The van der Waals surface area contributed by atoms with E-state index in [1.165, 1.54) is 18.7 Å². The first-order valence-electron chi connectivity index (χ1n) is 11.6. The van der Waals surface area contributed by atoms with Crippen molar-refractivity contribution in [3.05, 3.63) is 58.8 Å². The van der Waals surface area contributed by atoms with Gasteiger partial charge in [-0.05, 0) is 61.8 Å². The third-order valence-corrected chi connectivity index (χ3v) is 6.27. The zero-order chi connectivity index (χ0) is 24.9. The maximum absolute atomic E-state index is 12.8. The first-order chi connectivity index (χ1) is 16.0. The summed E-state index contributed by atoms with van der Waals surface area (Å²) in [5.41, 5.74) is 3.94. The summed E-state index contributed by atoms with van der Waals surface area (Å²) in [4.78, 5) is 34.0. The van der Waals surface area contributed by atoms with Gasteiger partial charge in [-0.2, -0.15) is 0 Å². The SMILES string of the molecule is [C-]#[N+]c1cnc(C(=O)Nc2ccc(C(C)(C)NCCNC(C)=O)cc2C2=CCC(C)(C)CC2)[nH]1. The molecule has 0 aliphatic heterocycles. The molecule has 8 nitrogen and oxygen atoms in total. The molecular formula is C26H34N6O2. The van der Waals surface area contributed by atoms with Crippen LogP contribution in [0.5, 0.6) is 0 Å². The molecule has 8 heteroatoms. The first-order valence-corrected chi connectivity index (χ1v) is 11.6. The van der Waals surface area contributed by atoms with Gasteiger partial charge in [0.05, 0.1) is 6.20 Å². The lowest BCUT2D eigenvalue weighted by Crippen LogP contribution is -2.41. The van der Waals surface area contributed by atoms with E-state index in [9.17, 15) is 9.59 Å². The monoisotopic (exact) mass is 462 g/mol. The van der Waals surface area contributed by atoms with Crippen LogP contribution in [0.1, 0.15) is 75.6 Å². The van der Waals surface area contributed by atoms with Crippen molar-refractivity contribution < 1.29 is 9.59 Å². The molecule has 2 amide bonds. The van der Waals surface area contributed by atoms with Crippen LogP contribution in [0.2, 0.25) is 0 Å². The van der Waals surface area contributed by atoms with Crippen molar-refractivity contribution >= 4 is 28.9 Å². The van der Waals surface area contributed by atoms with Gasteiger partial charge in [0.25, 0.3) is 5.82 Å². The highest BCUT2D eigenvalue weighted by Gasteiger charge is 2.26. The second-order valence-electron chi connectivity index (χ2n) is 10.1. The summed E-state index contributed by atoms with van der Waals surface area (Å²) in [6.07, 6.45) is 6.61. The molecule has 34 heavy (non-hydrogen) atoms. The Morgan fingerprint density at radius 3 is 2.65 bits per heavy atom. The number of nitrogens with one attached hydrogen (secondary N) is 4. The van der Waals surface area contributed by atoms with Crippen LogP contribution in [-0.4, -0.2) is 34.9 Å². The van der Waals surface area contributed by atoms with Gasteiger partial charge in [0.1, 0.15) is 0 Å². The molecule has 0 unspecified atom stereocenters. The summed E-state index contributed by atoms with van der Waals surface area (Å²) in [6.45, 7) is 18.5. The van der Waals surface area contributed by atoms with E-state index in [0.29, 0.717) is 13.1 Å². The summed E-state index contributed by atoms with van der Waals surface area (Å²) < 4.78 is 0. The predicted molar refractivity (Wildman–Crippen MR) is 135 cm³/mol. The number of hydrogen-bond acceptors (Lipinski definition) is 4. The summed E-state index contributed by atoms with van der Waals surface area (Å²) in [7, 11) is 0. The van der Waals surface area contributed by atoms with Crippen LogP contribution in [0.3, 0.4) is 0 Å². The number of benzene rings is 1. The molecule has 0 saturated heterocycles. The molecule has 1 aliphatic carbocycles. The Morgan fingerprint density at radius 2 is 2.03 bits per heavy atom. The molecule has 3 rings (SSSR count). The lowest BCUT2D eigenvalue weighted by molar-refractivity contribution is -0.118. The Hall–Kier alpha value is -3.44. The number of rotatable bonds is 8. The average molecular weight is 463 g/mol. The number of carbonyl (C=O) groups excluding carboxylic acids is 2. The maximum atomic E-state index is 12.8. The fourth-order valence-corrected chi connectivity index (χ4v) is 4.01. The number of aromatic amines is 1. The molecule has 0 bridgehead atoms. The van der Waals surface area contributed by atoms with E-state index in [2.05, 4.69) is 70.6 Å². The van der Waals surface area contributed by atoms with Crippen LogP contribution in [0.15, 0.2) is 30.5 Å². The van der Waals surface area contributed by atoms with Crippen LogP contribution >= 0.6 is 0 Å². The summed E-state index contributed by atoms with van der Waals surface area (Å²) in [5.74, 6) is -0.0904. The average Bonchev–Trinajstić information content (AvgIpc) is 3.26. The van der Waals surface area contributed by atoms with E-state index in [1.807, 2.05) is 12.1 Å². The number of aromatic nitrogens is 2. The van der Waals surface area contributed by atoms with Crippen molar-refractivity contribution in [2.45, 2.75) is 59.4 Å². The van der Waals surface area contributed by atoms with E-state index in [-0.39, 0.29) is 34.4 Å².